The van der Waals surface area contributed by atoms with Crippen LogP contribution in [0.1, 0.15) is 51.9 Å². The van der Waals surface area contributed by atoms with Crippen LogP contribution >= 0.6 is 0 Å². The number of hydrogen-bond acceptors (Lipinski definition) is 2. The molecule has 0 aliphatic heterocycles. The van der Waals surface area contributed by atoms with Crippen molar-refractivity contribution in [1.29, 1.82) is 0 Å². The predicted octanol–water partition coefficient (Wildman–Crippen LogP) is 4.46. The number of hydrogen-bond donors (Lipinski definition) is 1. The SMILES string of the molecule is Cc1cc(F)ccc1-c1nc(C(C)C)n(C(C)(C)C)c1N. The fourth-order valence-corrected chi connectivity index (χ4v) is 2.63. The van der Waals surface area contributed by atoms with Crippen molar-refractivity contribution in [2.75, 3.05) is 5.73 Å². The summed E-state index contributed by atoms with van der Waals surface area (Å²) in [5.41, 5.74) is 8.70. The van der Waals surface area contributed by atoms with Crippen molar-refractivity contribution in [3.63, 3.8) is 0 Å². The van der Waals surface area contributed by atoms with E-state index in [-0.39, 0.29) is 17.3 Å². The fraction of sp³-hybridized carbons (Fsp3) is 0.471. The highest BCUT2D eigenvalue weighted by atomic mass is 19.1. The zero-order valence-electron chi connectivity index (χ0n) is 13.7. The average Bonchev–Trinajstić information content (AvgIpc) is 2.67. The Kier molecular flexibility index (Phi) is 3.83. The van der Waals surface area contributed by atoms with Crippen molar-refractivity contribution in [1.82, 2.24) is 9.55 Å². The van der Waals surface area contributed by atoms with E-state index in [1.54, 1.807) is 6.07 Å². The van der Waals surface area contributed by atoms with Crippen LogP contribution in [0, 0.1) is 12.7 Å². The molecule has 1 heterocycles. The van der Waals surface area contributed by atoms with E-state index in [9.17, 15) is 4.39 Å². The molecule has 0 amide bonds. The predicted molar refractivity (Wildman–Crippen MR) is 85.9 cm³/mol. The van der Waals surface area contributed by atoms with E-state index in [0.717, 1.165) is 22.6 Å². The Bertz CT molecular complexity index is 663. The number of aryl methyl sites for hydroxylation is 1. The monoisotopic (exact) mass is 289 g/mol. The molecule has 2 N–H and O–H groups in total. The topological polar surface area (TPSA) is 43.8 Å². The largest absolute Gasteiger partial charge is 0.383 e. The number of anilines is 1. The van der Waals surface area contributed by atoms with E-state index in [1.807, 2.05) is 6.92 Å². The molecule has 3 nitrogen and oxygen atoms in total. The van der Waals surface area contributed by atoms with E-state index in [4.69, 9.17) is 10.7 Å². The van der Waals surface area contributed by atoms with Crippen molar-refractivity contribution in [2.45, 2.75) is 53.0 Å². The number of aromatic nitrogens is 2. The van der Waals surface area contributed by atoms with Gasteiger partial charge in [0.15, 0.2) is 0 Å². The summed E-state index contributed by atoms with van der Waals surface area (Å²) in [7, 11) is 0. The lowest BCUT2D eigenvalue weighted by molar-refractivity contribution is 0.382. The van der Waals surface area contributed by atoms with Crippen molar-refractivity contribution < 1.29 is 4.39 Å². The lowest BCUT2D eigenvalue weighted by atomic mass is 10.0. The molecule has 1 aromatic heterocycles. The van der Waals surface area contributed by atoms with Gasteiger partial charge < -0.3 is 10.3 Å². The maximum Gasteiger partial charge on any atom is 0.132 e. The molecule has 1 aromatic carbocycles. The van der Waals surface area contributed by atoms with Crippen LogP contribution < -0.4 is 5.73 Å². The lowest BCUT2D eigenvalue weighted by Crippen LogP contribution is -2.26. The minimum atomic E-state index is -0.242. The molecule has 0 spiro atoms. The van der Waals surface area contributed by atoms with Crippen molar-refractivity contribution in [3.05, 3.63) is 35.4 Å². The minimum Gasteiger partial charge on any atom is -0.383 e. The summed E-state index contributed by atoms with van der Waals surface area (Å²) in [5.74, 6) is 1.62. The second-order valence-corrected chi connectivity index (χ2v) is 6.82. The van der Waals surface area contributed by atoms with Crippen molar-refractivity contribution in [2.24, 2.45) is 0 Å². The van der Waals surface area contributed by atoms with E-state index in [1.165, 1.54) is 12.1 Å². The van der Waals surface area contributed by atoms with Gasteiger partial charge in [-0.1, -0.05) is 13.8 Å². The normalized spacial score (nSPS) is 12.2. The summed E-state index contributed by atoms with van der Waals surface area (Å²) in [6, 6.07) is 4.72. The first-order valence-corrected chi connectivity index (χ1v) is 7.28. The van der Waals surface area contributed by atoms with Crippen molar-refractivity contribution >= 4 is 5.82 Å². The molecule has 0 atom stereocenters. The quantitative estimate of drug-likeness (QED) is 0.887. The molecule has 4 heteroatoms. The molecule has 0 bridgehead atoms. The highest BCUT2D eigenvalue weighted by Gasteiger charge is 2.26. The second kappa shape index (κ2) is 5.17. The van der Waals surface area contributed by atoms with Crippen LogP contribution in [0.4, 0.5) is 10.2 Å². The molecule has 0 fully saturated rings. The summed E-state index contributed by atoms with van der Waals surface area (Å²) >= 11 is 0. The van der Waals surface area contributed by atoms with E-state index >= 15 is 0 Å². The van der Waals surface area contributed by atoms with Gasteiger partial charge in [0.2, 0.25) is 0 Å². The summed E-state index contributed by atoms with van der Waals surface area (Å²) in [6.45, 7) is 12.4. The molecular weight excluding hydrogens is 265 g/mol. The Balaban J connectivity index is 2.71. The fourth-order valence-electron chi connectivity index (χ4n) is 2.63. The maximum atomic E-state index is 13.3. The Morgan fingerprint density at radius 1 is 1.24 bits per heavy atom. The van der Waals surface area contributed by atoms with Crippen molar-refractivity contribution in [3.8, 4) is 11.3 Å². The third kappa shape index (κ3) is 2.80. The molecule has 2 rings (SSSR count). The van der Waals surface area contributed by atoms with E-state index in [0.29, 0.717) is 5.82 Å². The van der Waals surface area contributed by atoms with Crippen LogP contribution in [-0.2, 0) is 5.54 Å². The average molecular weight is 289 g/mol. The number of benzene rings is 1. The van der Waals surface area contributed by atoms with Gasteiger partial charge in [0.1, 0.15) is 23.2 Å². The standard InChI is InChI=1S/C17H24FN3/c1-10(2)16-20-14(15(19)21(16)17(4,5)6)13-8-7-12(18)9-11(13)3/h7-10H,19H2,1-6H3. The number of halogens is 1. The number of nitrogens with zero attached hydrogens (tertiary/aromatic N) is 2. The molecule has 0 aliphatic carbocycles. The minimum absolute atomic E-state index is 0.150. The number of rotatable bonds is 2. The lowest BCUT2D eigenvalue weighted by Gasteiger charge is -2.26. The second-order valence-electron chi connectivity index (χ2n) is 6.82. The van der Waals surface area contributed by atoms with E-state index < -0.39 is 0 Å². The van der Waals surface area contributed by atoms with Gasteiger partial charge >= 0.3 is 0 Å². The molecule has 0 saturated carbocycles. The van der Waals surface area contributed by atoms with Crippen LogP contribution in [0.15, 0.2) is 18.2 Å². The Labute approximate surface area is 126 Å². The van der Waals surface area contributed by atoms with Gasteiger partial charge in [-0.05, 0) is 51.5 Å². The summed E-state index contributed by atoms with van der Waals surface area (Å²) in [5, 5.41) is 0. The van der Waals surface area contributed by atoms with Gasteiger partial charge in [-0.25, -0.2) is 9.37 Å². The summed E-state index contributed by atoms with van der Waals surface area (Å²) in [6.07, 6.45) is 0. The zero-order chi connectivity index (χ0) is 15.9. The number of nitrogens with two attached hydrogens (primary N) is 1. The highest BCUT2D eigenvalue weighted by Crippen LogP contribution is 2.35. The van der Waals surface area contributed by atoms with Gasteiger partial charge in [-0.15, -0.1) is 0 Å². The first kappa shape index (κ1) is 15.5. The third-order valence-corrected chi connectivity index (χ3v) is 3.57. The maximum absolute atomic E-state index is 13.3. The molecule has 0 aliphatic rings. The highest BCUT2D eigenvalue weighted by molar-refractivity contribution is 5.74. The Morgan fingerprint density at radius 3 is 2.29 bits per heavy atom. The molecule has 0 unspecified atom stereocenters. The molecule has 114 valence electrons. The third-order valence-electron chi connectivity index (χ3n) is 3.57. The Morgan fingerprint density at radius 2 is 1.86 bits per heavy atom. The summed E-state index contributed by atoms with van der Waals surface area (Å²) < 4.78 is 15.4. The van der Waals surface area contributed by atoms with E-state index in [2.05, 4.69) is 39.2 Å². The van der Waals surface area contributed by atoms with Crippen LogP contribution in [0.3, 0.4) is 0 Å². The molecule has 21 heavy (non-hydrogen) atoms. The van der Waals surface area contributed by atoms with Gasteiger partial charge in [0, 0.05) is 17.0 Å². The van der Waals surface area contributed by atoms with Gasteiger partial charge in [0.25, 0.3) is 0 Å². The van der Waals surface area contributed by atoms with Gasteiger partial charge in [0.05, 0.1) is 0 Å². The zero-order valence-corrected chi connectivity index (χ0v) is 13.7. The Hall–Kier alpha value is -1.84. The van der Waals surface area contributed by atoms with Crippen LogP contribution in [0.2, 0.25) is 0 Å². The van der Waals surface area contributed by atoms with Crippen LogP contribution in [0.5, 0.6) is 0 Å². The smallest absolute Gasteiger partial charge is 0.132 e. The number of imidazole rings is 1. The molecular formula is C17H24FN3. The molecule has 2 aromatic rings. The van der Waals surface area contributed by atoms with Gasteiger partial charge in [-0.2, -0.15) is 0 Å². The number of nitrogen functional groups attached to an aromatic ring is 1. The molecule has 0 saturated heterocycles. The first-order valence-electron chi connectivity index (χ1n) is 7.28. The van der Waals surface area contributed by atoms with Crippen LogP contribution in [0.25, 0.3) is 11.3 Å². The van der Waals surface area contributed by atoms with Gasteiger partial charge in [-0.3, -0.25) is 0 Å². The summed E-state index contributed by atoms with van der Waals surface area (Å²) in [4.78, 5) is 4.75. The van der Waals surface area contributed by atoms with Crippen LogP contribution in [-0.4, -0.2) is 9.55 Å². The molecule has 0 radical (unpaired) electrons. The first-order chi connectivity index (χ1) is 9.62.